The number of rotatable bonds is 7. The van der Waals surface area contributed by atoms with Gasteiger partial charge in [-0.25, -0.2) is 0 Å². The molecule has 3 N–H and O–H groups in total. The van der Waals surface area contributed by atoms with Crippen molar-refractivity contribution in [3.8, 4) is 0 Å². The van der Waals surface area contributed by atoms with Crippen molar-refractivity contribution in [3.05, 3.63) is 47.0 Å². The van der Waals surface area contributed by atoms with E-state index in [1.54, 1.807) is 12.1 Å². The molecule has 1 aromatic rings. The van der Waals surface area contributed by atoms with Gasteiger partial charge in [-0.15, -0.1) is 0 Å². The first kappa shape index (κ1) is 19.9. The van der Waals surface area contributed by atoms with Gasteiger partial charge in [-0.05, 0) is 24.5 Å². The van der Waals surface area contributed by atoms with Crippen LogP contribution in [0.5, 0.6) is 0 Å². The lowest BCUT2D eigenvalue weighted by Gasteiger charge is -2.33. The lowest BCUT2D eigenvalue weighted by molar-refractivity contribution is -0.132. The fourth-order valence-electron chi connectivity index (χ4n) is 3.18. The number of amides is 2. The average Bonchev–Trinajstić information content (AvgIpc) is 2.60. The zero-order chi connectivity index (χ0) is 19.2. The number of carbonyl (C=O) groups excluding carboxylic acids is 2. The Morgan fingerprint density at radius 1 is 1.22 bits per heavy atom. The summed E-state index contributed by atoms with van der Waals surface area (Å²) in [7, 11) is 0. The summed E-state index contributed by atoms with van der Waals surface area (Å²) in [6.07, 6.45) is 5.65. The van der Waals surface area contributed by atoms with Crippen LogP contribution in [0.25, 0.3) is 0 Å². The quantitative estimate of drug-likeness (QED) is 0.619. The summed E-state index contributed by atoms with van der Waals surface area (Å²) in [4.78, 5) is 24.3. The highest BCUT2D eigenvalue weighted by Crippen LogP contribution is 2.27. The van der Waals surface area contributed by atoms with Gasteiger partial charge in [0.05, 0.1) is 25.2 Å². The van der Waals surface area contributed by atoms with Crippen LogP contribution in [0.3, 0.4) is 0 Å². The second-order valence-corrected chi connectivity index (χ2v) is 7.42. The second kappa shape index (κ2) is 9.35. The van der Waals surface area contributed by atoms with Crippen molar-refractivity contribution >= 4 is 23.4 Å². The molecule has 0 bridgehead atoms. The van der Waals surface area contributed by atoms with Crippen LogP contribution in [-0.2, 0) is 20.9 Å². The fraction of sp³-hybridized carbons (Fsp3) is 0.500. The number of aliphatic hydroxyl groups excluding tert-OH is 1. The SMILES string of the molecule is O=C(C[C@H]1C=C[C@@H](NC(=O)C2CCC2)[C@H](CO)O1)NCc1ccccc1Cl. The van der Waals surface area contributed by atoms with Gasteiger partial charge < -0.3 is 20.5 Å². The van der Waals surface area contributed by atoms with Crippen molar-refractivity contribution in [2.45, 2.75) is 50.5 Å². The topological polar surface area (TPSA) is 87.7 Å². The lowest BCUT2D eigenvalue weighted by Crippen LogP contribution is -2.51. The van der Waals surface area contributed by atoms with Crippen molar-refractivity contribution in [1.82, 2.24) is 10.6 Å². The highest BCUT2D eigenvalue weighted by atomic mass is 35.5. The first-order valence-corrected chi connectivity index (χ1v) is 9.69. The molecule has 1 aromatic carbocycles. The molecular formula is C20H25ClN2O4. The van der Waals surface area contributed by atoms with Crippen LogP contribution in [0, 0.1) is 5.92 Å². The molecule has 0 radical (unpaired) electrons. The van der Waals surface area contributed by atoms with Gasteiger partial charge in [0.2, 0.25) is 11.8 Å². The van der Waals surface area contributed by atoms with Crippen LogP contribution >= 0.6 is 11.6 Å². The average molecular weight is 393 g/mol. The Balaban J connectivity index is 1.49. The maximum absolute atomic E-state index is 12.2. The molecule has 0 aromatic heterocycles. The van der Waals surface area contributed by atoms with E-state index in [2.05, 4.69) is 10.6 Å². The van der Waals surface area contributed by atoms with Crippen LogP contribution in [0.15, 0.2) is 36.4 Å². The van der Waals surface area contributed by atoms with Crippen molar-refractivity contribution in [2.75, 3.05) is 6.61 Å². The van der Waals surface area contributed by atoms with Crippen LogP contribution in [0.1, 0.15) is 31.2 Å². The fourth-order valence-corrected chi connectivity index (χ4v) is 3.38. The smallest absolute Gasteiger partial charge is 0.223 e. The molecule has 1 fully saturated rings. The Morgan fingerprint density at radius 3 is 2.67 bits per heavy atom. The molecule has 1 saturated carbocycles. The van der Waals surface area contributed by atoms with Crippen molar-refractivity contribution < 1.29 is 19.4 Å². The van der Waals surface area contributed by atoms with Gasteiger partial charge in [0.15, 0.2) is 0 Å². The van der Waals surface area contributed by atoms with Crippen LogP contribution < -0.4 is 10.6 Å². The van der Waals surface area contributed by atoms with Gasteiger partial charge in [0.25, 0.3) is 0 Å². The standard InChI is InChI=1S/C20H25ClN2O4/c21-16-7-2-1-4-14(16)11-22-19(25)10-15-8-9-17(18(12-24)27-15)23-20(26)13-5-3-6-13/h1-2,4,7-9,13,15,17-18,24H,3,5-6,10-12H2,(H,22,25)(H,23,26)/t15-,17-,18+/m1/s1. The summed E-state index contributed by atoms with van der Waals surface area (Å²) < 4.78 is 5.79. The predicted molar refractivity (Wildman–Crippen MR) is 102 cm³/mol. The molecule has 0 spiro atoms. The molecule has 146 valence electrons. The molecular weight excluding hydrogens is 368 g/mol. The number of benzene rings is 1. The first-order chi connectivity index (χ1) is 13.1. The zero-order valence-electron chi connectivity index (χ0n) is 15.1. The molecule has 1 aliphatic carbocycles. The molecule has 27 heavy (non-hydrogen) atoms. The molecule has 3 atom stereocenters. The van der Waals surface area contributed by atoms with E-state index in [4.69, 9.17) is 16.3 Å². The van der Waals surface area contributed by atoms with E-state index in [0.717, 1.165) is 24.8 Å². The van der Waals surface area contributed by atoms with E-state index >= 15 is 0 Å². The van der Waals surface area contributed by atoms with Crippen LogP contribution in [0.4, 0.5) is 0 Å². The number of hydrogen-bond donors (Lipinski definition) is 3. The van der Waals surface area contributed by atoms with Crippen molar-refractivity contribution in [2.24, 2.45) is 5.92 Å². The Kier molecular flexibility index (Phi) is 6.88. The summed E-state index contributed by atoms with van der Waals surface area (Å²) in [6.45, 7) is 0.121. The molecule has 0 saturated heterocycles. The molecule has 3 rings (SSSR count). The molecule has 0 unspecified atom stereocenters. The molecule has 6 nitrogen and oxygen atoms in total. The Bertz CT molecular complexity index is 705. The van der Waals surface area contributed by atoms with Gasteiger partial charge in [-0.1, -0.05) is 48.4 Å². The number of ether oxygens (including phenoxy) is 1. The highest BCUT2D eigenvalue weighted by Gasteiger charge is 2.32. The molecule has 2 aliphatic rings. The summed E-state index contributed by atoms with van der Waals surface area (Å²) in [5, 5.41) is 15.9. The van der Waals surface area contributed by atoms with Gasteiger partial charge in [-0.2, -0.15) is 0 Å². The summed E-state index contributed by atoms with van der Waals surface area (Å²) in [5.41, 5.74) is 0.847. The van der Waals surface area contributed by atoms with E-state index in [-0.39, 0.29) is 36.8 Å². The third-order valence-corrected chi connectivity index (χ3v) is 5.44. The van der Waals surface area contributed by atoms with Crippen molar-refractivity contribution in [1.29, 1.82) is 0 Å². The van der Waals surface area contributed by atoms with Gasteiger partial charge >= 0.3 is 0 Å². The predicted octanol–water partition coefficient (Wildman–Crippen LogP) is 1.95. The highest BCUT2D eigenvalue weighted by molar-refractivity contribution is 6.31. The minimum atomic E-state index is -0.555. The Labute approximate surface area is 163 Å². The monoisotopic (exact) mass is 392 g/mol. The third kappa shape index (κ3) is 5.31. The van der Waals surface area contributed by atoms with E-state index in [9.17, 15) is 14.7 Å². The lowest BCUT2D eigenvalue weighted by atomic mass is 9.84. The van der Waals surface area contributed by atoms with E-state index in [1.165, 1.54) is 0 Å². The minimum absolute atomic E-state index is 0.00822. The van der Waals surface area contributed by atoms with E-state index in [0.29, 0.717) is 11.6 Å². The normalized spacial score (nSPS) is 24.9. The number of nitrogens with one attached hydrogen (secondary N) is 2. The maximum Gasteiger partial charge on any atom is 0.223 e. The van der Waals surface area contributed by atoms with Crippen LogP contribution in [-0.4, -0.2) is 41.8 Å². The maximum atomic E-state index is 12.2. The molecule has 2 amide bonds. The van der Waals surface area contributed by atoms with Crippen LogP contribution in [0.2, 0.25) is 5.02 Å². The largest absolute Gasteiger partial charge is 0.394 e. The van der Waals surface area contributed by atoms with E-state index < -0.39 is 12.2 Å². The zero-order valence-corrected chi connectivity index (χ0v) is 15.8. The Hall–Kier alpha value is -1.89. The summed E-state index contributed by atoms with van der Waals surface area (Å²) >= 11 is 6.08. The number of halogens is 1. The van der Waals surface area contributed by atoms with Gasteiger partial charge in [-0.3, -0.25) is 9.59 Å². The number of hydrogen-bond acceptors (Lipinski definition) is 4. The third-order valence-electron chi connectivity index (χ3n) is 5.07. The second-order valence-electron chi connectivity index (χ2n) is 7.01. The molecule has 7 heteroatoms. The first-order valence-electron chi connectivity index (χ1n) is 9.32. The molecule has 1 aliphatic heterocycles. The van der Waals surface area contributed by atoms with Gasteiger partial charge in [0.1, 0.15) is 6.10 Å². The van der Waals surface area contributed by atoms with Crippen molar-refractivity contribution in [3.63, 3.8) is 0 Å². The number of aliphatic hydroxyl groups is 1. The van der Waals surface area contributed by atoms with Gasteiger partial charge in [0, 0.05) is 17.5 Å². The molecule has 1 heterocycles. The summed E-state index contributed by atoms with van der Waals surface area (Å²) in [5.74, 6) is -0.0850. The number of carbonyl (C=O) groups is 2. The van der Waals surface area contributed by atoms with E-state index in [1.807, 2.05) is 24.3 Å². The Morgan fingerprint density at radius 2 is 2.00 bits per heavy atom. The summed E-state index contributed by atoms with van der Waals surface area (Å²) in [6, 6.07) is 6.97. The minimum Gasteiger partial charge on any atom is -0.394 e.